The summed E-state index contributed by atoms with van der Waals surface area (Å²) < 4.78 is 0. The van der Waals surface area contributed by atoms with Gasteiger partial charge < -0.3 is 10.2 Å². The van der Waals surface area contributed by atoms with E-state index in [1.807, 2.05) is 0 Å². The molecule has 33 heavy (non-hydrogen) atoms. The van der Waals surface area contributed by atoms with Crippen LogP contribution < -0.4 is 0 Å². The Morgan fingerprint density at radius 2 is 1.55 bits per heavy atom. The van der Waals surface area contributed by atoms with Crippen LogP contribution in [0.15, 0.2) is 24.3 Å². The molecular formula is C31H50O2. The van der Waals surface area contributed by atoms with Crippen molar-refractivity contribution in [3.63, 3.8) is 0 Å². The summed E-state index contributed by atoms with van der Waals surface area (Å²) in [6, 6.07) is 0. The molecule has 2 N–H and O–H groups in total. The molecule has 9 atom stereocenters. The molecule has 5 aliphatic carbocycles. The van der Waals surface area contributed by atoms with Crippen molar-refractivity contribution in [2.24, 2.45) is 50.2 Å². The summed E-state index contributed by atoms with van der Waals surface area (Å²) in [5.74, 6) is 1.66. The van der Waals surface area contributed by atoms with Gasteiger partial charge in [0.25, 0.3) is 0 Å². The van der Waals surface area contributed by atoms with Crippen molar-refractivity contribution >= 4 is 0 Å². The van der Waals surface area contributed by atoms with E-state index in [2.05, 4.69) is 67.2 Å². The average molecular weight is 455 g/mol. The molecule has 0 aliphatic heterocycles. The molecule has 5 rings (SSSR count). The SMILES string of the molecule is C=C[C@]12CCC(C)(C)C[C@@H]1C1=CC[C@@H]3[C@@]4(C)C[C@@H](O)[C@H](O)C(C)(C)[C@H]4CC[C@@]3(C)[C@]1(C)CC2. The minimum absolute atomic E-state index is 0.0684. The van der Waals surface area contributed by atoms with Crippen molar-refractivity contribution in [1.29, 1.82) is 0 Å². The van der Waals surface area contributed by atoms with Gasteiger partial charge in [-0.25, -0.2) is 0 Å². The Hall–Kier alpha value is -0.600. The van der Waals surface area contributed by atoms with Gasteiger partial charge in [0.15, 0.2) is 0 Å². The van der Waals surface area contributed by atoms with Crippen LogP contribution in [-0.4, -0.2) is 22.4 Å². The Morgan fingerprint density at radius 3 is 2.21 bits per heavy atom. The summed E-state index contributed by atoms with van der Waals surface area (Å²) in [6.45, 7) is 21.5. The largest absolute Gasteiger partial charge is 0.390 e. The quantitative estimate of drug-likeness (QED) is 0.408. The second-order valence-electron chi connectivity index (χ2n) is 15.2. The van der Waals surface area contributed by atoms with Gasteiger partial charge in [-0.1, -0.05) is 66.2 Å². The Balaban J connectivity index is 1.60. The lowest BCUT2D eigenvalue weighted by Gasteiger charge is -2.71. The van der Waals surface area contributed by atoms with E-state index in [0.29, 0.717) is 23.2 Å². The van der Waals surface area contributed by atoms with Crippen molar-refractivity contribution in [1.82, 2.24) is 0 Å². The summed E-state index contributed by atoms with van der Waals surface area (Å²) in [7, 11) is 0. The summed E-state index contributed by atoms with van der Waals surface area (Å²) >= 11 is 0. The predicted molar refractivity (Wildman–Crippen MR) is 137 cm³/mol. The highest BCUT2D eigenvalue weighted by Gasteiger charge is 2.68. The van der Waals surface area contributed by atoms with Crippen LogP contribution in [0.1, 0.15) is 106 Å². The molecule has 0 aromatic rings. The molecular weight excluding hydrogens is 404 g/mol. The first-order valence-corrected chi connectivity index (χ1v) is 13.9. The van der Waals surface area contributed by atoms with Gasteiger partial charge in [-0.05, 0) is 108 Å². The molecule has 5 aliphatic rings. The number of fused-ring (bicyclic) bond motifs is 7. The molecule has 0 radical (unpaired) electrons. The summed E-state index contributed by atoms with van der Waals surface area (Å²) in [5, 5.41) is 21.9. The minimum atomic E-state index is -0.613. The summed E-state index contributed by atoms with van der Waals surface area (Å²) in [6.07, 6.45) is 14.6. The lowest BCUT2D eigenvalue weighted by atomic mass is 9.33. The van der Waals surface area contributed by atoms with Gasteiger partial charge in [-0.15, -0.1) is 6.58 Å². The standard InChI is InChI=1S/C31H50O2/c1-9-31-16-14-26(2,3)18-21(31)20-10-11-24-28(6)19-22(32)25(33)27(4,5)23(28)12-13-30(24,8)29(20,7)15-17-31/h9-10,21-25,32-33H,1,11-19H2,2-8H3/t21-,22-,23-,24-,25+,28+,29-,30-,31-/m1/s1. The first kappa shape index (κ1) is 24.1. The van der Waals surface area contributed by atoms with Gasteiger partial charge in [-0.2, -0.15) is 0 Å². The van der Waals surface area contributed by atoms with Crippen LogP contribution in [0.4, 0.5) is 0 Å². The topological polar surface area (TPSA) is 40.5 Å². The first-order chi connectivity index (χ1) is 15.2. The Labute approximate surface area is 203 Å². The van der Waals surface area contributed by atoms with E-state index < -0.39 is 12.2 Å². The molecule has 0 heterocycles. The van der Waals surface area contributed by atoms with Crippen LogP contribution in [0.5, 0.6) is 0 Å². The van der Waals surface area contributed by atoms with E-state index >= 15 is 0 Å². The van der Waals surface area contributed by atoms with E-state index in [9.17, 15) is 10.2 Å². The molecule has 0 saturated heterocycles. The number of aliphatic hydroxyl groups is 2. The lowest BCUT2D eigenvalue weighted by molar-refractivity contribution is -0.230. The third kappa shape index (κ3) is 2.92. The van der Waals surface area contributed by atoms with E-state index in [-0.39, 0.29) is 27.1 Å². The zero-order chi connectivity index (χ0) is 24.2. The molecule has 0 bridgehead atoms. The van der Waals surface area contributed by atoms with E-state index in [4.69, 9.17) is 0 Å². The fourth-order valence-corrected chi connectivity index (χ4v) is 10.8. The zero-order valence-corrected chi connectivity index (χ0v) is 22.5. The maximum atomic E-state index is 11.0. The van der Waals surface area contributed by atoms with Crippen LogP contribution in [0.25, 0.3) is 0 Å². The maximum absolute atomic E-state index is 11.0. The highest BCUT2D eigenvalue weighted by Crippen LogP contribution is 2.75. The van der Waals surface area contributed by atoms with Gasteiger partial charge in [-0.3, -0.25) is 0 Å². The molecule has 0 aromatic heterocycles. The van der Waals surface area contributed by atoms with Crippen molar-refractivity contribution < 1.29 is 10.2 Å². The molecule has 2 nitrogen and oxygen atoms in total. The van der Waals surface area contributed by atoms with Crippen molar-refractivity contribution in [3.8, 4) is 0 Å². The van der Waals surface area contributed by atoms with Crippen LogP contribution in [0.2, 0.25) is 0 Å². The second-order valence-corrected chi connectivity index (χ2v) is 15.2. The lowest BCUT2D eigenvalue weighted by Crippen LogP contribution is -2.66. The fraction of sp³-hybridized carbons (Fsp3) is 0.871. The van der Waals surface area contributed by atoms with Crippen molar-refractivity contribution in [2.75, 3.05) is 0 Å². The highest BCUT2D eigenvalue weighted by atomic mass is 16.3. The summed E-state index contributed by atoms with van der Waals surface area (Å²) in [4.78, 5) is 0. The second kappa shape index (κ2) is 7.00. The maximum Gasteiger partial charge on any atom is 0.0852 e. The van der Waals surface area contributed by atoms with Gasteiger partial charge in [0.2, 0.25) is 0 Å². The Kier molecular flexibility index (Phi) is 5.11. The fourth-order valence-electron chi connectivity index (χ4n) is 10.8. The smallest absolute Gasteiger partial charge is 0.0852 e. The van der Waals surface area contributed by atoms with Crippen molar-refractivity contribution in [3.05, 3.63) is 24.3 Å². The monoisotopic (exact) mass is 454 g/mol. The first-order valence-electron chi connectivity index (χ1n) is 13.9. The van der Waals surface area contributed by atoms with Crippen molar-refractivity contribution in [2.45, 2.75) is 118 Å². The summed E-state index contributed by atoms with van der Waals surface area (Å²) in [5.41, 5.74) is 2.76. The molecule has 186 valence electrons. The number of hydrogen-bond donors (Lipinski definition) is 2. The molecule has 0 spiro atoms. The molecule has 4 saturated carbocycles. The van der Waals surface area contributed by atoms with E-state index in [0.717, 1.165) is 12.8 Å². The molecule has 0 amide bonds. The number of aliphatic hydroxyl groups excluding tert-OH is 2. The molecule has 2 heteroatoms. The van der Waals surface area contributed by atoms with Crippen LogP contribution in [0.3, 0.4) is 0 Å². The van der Waals surface area contributed by atoms with Crippen LogP contribution in [0, 0.1) is 50.2 Å². The van der Waals surface area contributed by atoms with Gasteiger partial charge >= 0.3 is 0 Å². The highest BCUT2D eigenvalue weighted by molar-refractivity contribution is 5.35. The normalized spacial score (nSPS) is 54.7. The Bertz CT molecular complexity index is 868. The molecule has 4 fully saturated rings. The van der Waals surface area contributed by atoms with E-state index in [1.54, 1.807) is 5.57 Å². The molecule has 0 unspecified atom stereocenters. The Morgan fingerprint density at radius 1 is 0.879 bits per heavy atom. The molecule has 0 aromatic carbocycles. The van der Waals surface area contributed by atoms with Crippen LogP contribution >= 0.6 is 0 Å². The average Bonchev–Trinajstić information content (AvgIpc) is 2.72. The third-order valence-corrected chi connectivity index (χ3v) is 13.0. The zero-order valence-electron chi connectivity index (χ0n) is 22.5. The van der Waals surface area contributed by atoms with Gasteiger partial charge in [0, 0.05) is 0 Å². The van der Waals surface area contributed by atoms with Crippen LogP contribution in [-0.2, 0) is 0 Å². The number of hydrogen-bond acceptors (Lipinski definition) is 2. The number of rotatable bonds is 1. The minimum Gasteiger partial charge on any atom is -0.390 e. The predicted octanol–water partition coefficient (Wildman–Crippen LogP) is 7.31. The van der Waals surface area contributed by atoms with Gasteiger partial charge in [0.1, 0.15) is 0 Å². The van der Waals surface area contributed by atoms with Gasteiger partial charge in [0.05, 0.1) is 12.2 Å². The third-order valence-electron chi connectivity index (χ3n) is 13.0. The number of allylic oxidation sites excluding steroid dienone is 3. The van der Waals surface area contributed by atoms with E-state index in [1.165, 1.54) is 44.9 Å².